The molecule has 0 spiro atoms. The van der Waals surface area contributed by atoms with Crippen molar-refractivity contribution in [1.29, 1.82) is 0 Å². The van der Waals surface area contributed by atoms with E-state index in [2.05, 4.69) is 15.6 Å². The molecule has 22 heavy (non-hydrogen) atoms. The van der Waals surface area contributed by atoms with Crippen LogP contribution in [0, 0.1) is 0 Å². The van der Waals surface area contributed by atoms with Crippen LogP contribution in [-0.4, -0.2) is 51.5 Å². The van der Waals surface area contributed by atoms with Crippen LogP contribution in [0.4, 0.5) is 0 Å². The summed E-state index contributed by atoms with van der Waals surface area (Å²) in [5, 5.41) is 11.7. The van der Waals surface area contributed by atoms with E-state index in [4.69, 9.17) is 0 Å². The van der Waals surface area contributed by atoms with Gasteiger partial charge in [-0.25, -0.2) is 4.68 Å². The summed E-state index contributed by atoms with van der Waals surface area (Å²) in [6, 6.07) is 7.27. The summed E-state index contributed by atoms with van der Waals surface area (Å²) < 4.78 is 1.27. The highest BCUT2D eigenvalue weighted by Crippen LogP contribution is 2.06. The van der Waals surface area contributed by atoms with Crippen molar-refractivity contribution in [3.8, 4) is 0 Å². The van der Waals surface area contributed by atoms with Gasteiger partial charge in [0.2, 0.25) is 5.91 Å². The molecule has 7 nitrogen and oxygen atoms in total. The van der Waals surface area contributed by atoms with Gasteiger partial charge < -0.3 is 10.2 Å². The van der Waals surface area contributed by atoms with E-state index in [1.807, 2.05) is 17.9 Å². The summed E-state index contributed by atoms with van der Waals surface area (Å²) in [5.41, 5.74) is 0.373. The van der Waals surface area contributed by atoms with Crippen molar-refractivity contribution in [2.75, 3.05) is 19.6 Å². The number of rotatable bonds is 3. The van der Waals surface area contributed by atoms with Crippen molar-refractivity contribution in [1.82, 2.24) is 25.2 Å². The number of nitrogens with one attached hydrogen (secondary N) is 1. The second-order valence-corrected chi connectivity index (χ2v) is 5.53. The number of carbonyl (C=O) groups is 1. The minimum atomic E-state index is -0.202. The molecule has 0 saturated carbocycles. The second kappa shape index (κ2) is 6.23. The van der Waals surface area contributed by atoms with E-state index in [9.17, 15) is 9.59 Å². The molecule has 0 bridgehead atoms. The van der Waals surface area contributed by atoms with Gasteiger partial charge >= 0.3 is 0 Å². The molecule has 3 rings (SSSR count). The number of amides is 1. The van der Waals surface area contributed by atoms with Crippen molar-refractivity contribution in [2.45, 2.75) is 25.9 Å². The minimum Gasteiger partial charge on any atom is -0.337 e. The van der Waals surface area contributed by atoms with Crippen LogP contribution in [0.15, 0.2) is 29.1 Å². The lowest BCUT2D eigenvalue weighted by molar-refractivity contribution is -0.134. The zero-order valence-corrected chi connectivity index (χ0v) is 12.5. The van der Waals surface area contributed by atoms with Crippen LogP contribution in [0.2, 0.25) is 0 Å². The second-order valence-electron chi connectivity index (χ2n) is 5.53. The Balaban J connectivity index is 1.72. The molecule has 1 aromatic heterocycles. The lowest BCUT2D eigenvalue weighted by Gasteiger charge is -2.34. The molecule has 7 heteroatoms. The third-order valence-corrected chi connectivity index (χ3v) is 3.99. The fourth-order valence-electron chi connectivity index (χ4n) is 2.73. The van der Waals surface area contributed by atoms with Crippen molar-refractivity contribution in [3.05, 3.63) is 34.6 Å². The SMILES string of the molecule is C[C@@H]1CNCCN1C(=O)CCn1nnc2ccccc2c1=O. The molecule has 1 amide bonds. The fraction of sp³-hybridized carbons (Fsp3) is 0.467. The van der Waals surface area contributed by atoms with Gasteiger partial charge in [-0.3, -0.25) is 9.59 Å². The zero-order valence-electron chi connectivity index (χ0n) is 12.5. The van der Waals surface area contributed by atoms with E-state index in [0.29, 0.717) is 17.4 Å². The smallest absolute Gasteiger partial charge is 0.277 e. The molecule has 1 saturated heterocycles. The number of nitrogens with zero attached hydrogens (tertiary/aromatic N) is 4. The molecule has 1 aromatic carbocycles. The molecule has 1 fully saturated rings. The summed E-state index contributed by atoms with van der Waals surface area (Å²) in [7, 11) is 0. The number of aryl methyl sites for hydroxylation is 1. The average Bonchev–Trinajstić information content (AvgIpc) is 2.55. The predicted octanol–water partition coefficient (Wildman–Crippen LogP) is 0.00190. The molecule has 2 aromatic rings. The van der Waals surface area contributed by atoms with Gasteiger partial charge in [0.05, 0.1) is 11.9 Å². The van der Waals surface area contributed by atoms with Crippen LogP contribution in [0.25, 0.3) is 10.9 Å². The maximum absolute atomic E-state index is 12.3. The van der Waals surface area contributed by atoms with Gasteiger partial charge in [0.15, 0.2) is 0 Å². The van der Waals surface area contributed by atoms with Gasteiger partial charge in [-0.05, 0) is 19.1 Å². The molecule has 1 aliphatic rings. The number of fused-ring (bicyclic) bond motifs is 1. The van der Waals surface area contributed by atoms with Crippen molar-refractivity contribution in [3.63, 3.8) is 0 Å². The standard InChI is InChI=1S/C15H19N5O2/c1-11-10-16-7-9-19(11)14(21)6-8-20-15(22)12-4-2-3-5-13(12)17-18-20/h2-5,11,16H,6-10H2,1H3/t11-/m1/s1. The summed E-state index contributed by atoms with van der Waals surface area (Å²) >= 11 is 0. The molecule has 0 aliphatic carbocycles. The number of aromatic nitrogens is 3. The van der Waals surface area contributed by atoms with Crippen molar-refractivity contribution < 1.29 is 4.79 Å². The molecule has 2 heterocycles. The number of hydrogen-bond acceptors (Lipinski definition) is 5. The molecule has 1 aliphatic heterocycles. The van der Waals surface area contributed by atoms with E-state index in [1.165, 1.54) is 4.68 Å². The largest absolute Gasteiger partial charge is 0.337 e. The Kier molecular flexibility index (Phi) is 4.15. The topological polar surface area (TPSA) is 80.1 Å². The van der Waals surface area contributed by atoms with Crippen LogP contribution < -0.4 is 10.9 Å². The Morgan fingerprint density at radius 2 is 2.23 bits per heavy atom. The third-order valence-electron chi connectivity index (χ3n) is 3.99. The van der Waals surface area contributed by atoms with E-state index in [0.717, 1.165) is 13.1 Å². The lowest BCUT2D eigenvalue weighted by atomic mass is 10.2. The van der Waals surface area contributed by atoms with Gasteiger partial charge in [0, 0.05) is 32.1 Å². The normalized spacial score (nSPS) is 18.6. The fourth-order valence-corrected chi connectivity index (χ4v) is 2.73. The Labute approximate surface area is 127 Å². The Morgan fingerprint density at radius 3 is 3.05 bits per heavy atom. The van der Waals surface area contributed by atoms with Gasteiger partial charge in [0.1, 0.15) is 5.52 Å². The first-order valence-corrected chi connectivity index (χ1v) is 7.49. The lowest BCUT2D eigenvalue weighted by Crippen LogP contribution is -2.52. The van der Waals surface area contributed by atoms with E-state index in [-0.39, 0.29) is 30.5 Å². The monoisotopic (exact) mass is 301 g/mol. The van der Waals surface area contributed by atoms with Crippen LogP contribution in [0.5, 0.6) is 0 Å². The third kappa shape index (κ3) is 2.85. The summed E-state index contributed by atoms with van der Waals surface area (Å²) in [5.74, 6) is 0.0517. The molecule has 116 valence electrons. The van der Waals surface area contributed by atoms with Crippen molar-refractivity contribution >= 4 is 16.8 Å². The molecule has 1 N–H and O–H groups in total. The first-order chi connectivity index (χ1) is 10.7. The van der Waals surface area contributed by atoms with Gasteiger partial charge in [-0.1, -0.05) is 17.3 Å². The predicted molar refractivity (Wildman–Crippen MR) is 82.5 cm³/mol. The van der Waals surface area contributed by atoms with E-state index >= 15 is 0 Å². The molecule has 0 unspecified atom stereocenters. The first-order valence-electron chi connectivity index (χ1n) is 7.49. The number of benzene rings is 1. The first kappa shape index (κ1) is 14.6. The van der Waals surface area contributed by atoms with Gasteiger partial charge in [-0.2, -0.15) is 0 Å². The number of hydrogen-bond donors (Lipinski definition) is 1. The highest BCUT2D eigenvalue weighted by molar-refractivity contribution is 5.77. The maximum Gasteiger partial charge on any atom is 0.277 e. The Bertz CT molecular complexity index is 742. The summed E-state index contributed by atoms with van der Waals surface area (Å²) in [6.07, 6.45) is 0.261. The van der Waals surface area contributed by atoms with Gasteiger partial charge in [-0.15, -0.1) is 5.10 Å². The quantitative estimate of drug-likeness (QED) is 0.863. The zero-order chi connectivity index (χ0) is 15.5. The molecular weight excluding hydrogens is 282 g/mol. The van der Waals surface area contributed by atoms with Crippen LogP contribution in [0.3, 0.4) is 0 Å². The summed E-state index contributed by atoms with van der Waals surface area (Å²) in [4.78, 5) is 26.5. The van der Waals surface area contributed by atoms with E-state index in [1.54, 1.807) is 18.2 Å². The highest BCUT2D eigenvalue weighted by atomic mass is 16.2. The molecule has 0 radical (unpaired) electrons. The van der Waals surface area contributed by atoms with Crippen LogP contribution >= 0.6 is 0 Å². The van der Waals surface area contributed by atoms with Crippen molar-refractivity contribution in [2.24, 2.45) is 0 Å². The van der Waals surface area contributed by atoms with Gasteiger partial charge in [0.25, 0.3) is 5.56 Å². The Morgan fingerprint density at radius 1 is 1.41 bits per heavy atom. The maximum atomic E-state index is 12.3. The van der Waals surface area contributed by atoms with Crippen LogP contribution in [0.1, 0.15) is 13.3 Å². The number of carbonyl (C=O) groups excluding carboxylic acids is 1. The highest BCUT2D eigenvalue weighted by Gasteiger charge is 2.22. The number of piperazine rings is 1. The summed E-state index contributed by atoms with van der Waals surface area (Å²) in [6.45, 7) is 4.60. The minimum absolute atomic E-state index is 0.0517. The Hall–Kier alpha value is -2.28. The van der Waals surface area contributed by atoms with E-state index < -0.39 is 0 Å². The molecule has 1 atom stereocenters. The average molecular weight is 301 g/mol. The molecular formula is C15H19N5O2. The van der Waals surface area contributed by atoms with Crippen LogP contribution in [-0.2, 0) is 11.3 Å².